The van der Waals surface area contributed by atoms with E-state index in [4.69, 9.17) is 0 Å². The van der Waals surface area contributed by atoms with Crippen molar-refractivity contribution >= 4 is 11.7 Å². The number of carbonyl (C=O) groups is 2. The quantitative estimate of drug-likeness (QED) is 0.838. The van der Waals surface area contributed by atoms with Crippen molar-refractivity contribution in [2.75, 3.05) is 6.54 Å². The summed E-state index contributed by atoms with van der Waals surface area (Å²) < 4.78 is 0. The van der Waals surface area contributed by atoms with E-state index in [1.165, 1.54) is 11.0 Å². The average molecular weight is 355 g/mol. The molecular formula is C20H25N3O3. The molecule has 1 atom stereocenters. The van der Waals surface area contributed by atoms with Gasteiger partial charge in [0.1, 0.15) is 11.6 Å². The molecule has 0 aromatic carbocycles. The summed E-state index contributed by atoms with van der Waals surface area (Å²) in [5.41, 5.74) is -0.0418. The Kier molecular flexibility index (Phi) is 4.30. The molecule has 1 aliphatic heterocycles. The zero-order valence-corrected chi connectivity index (χ0v) is 15.8. The summed E-state index contributed by atoms with van der Waals surface area (Å²) in [6.45, 7) is 8.33. The number of nitrogens with one attached hydrogen (secondary N) is 1. The molecule has 0 bridgehead atoms. The highest BCUT2D eigenvalue weighted by Gasteiger charge is 2.41. The lowest BCUT2D eigenvalue weighted by molar-refractivity contribution is 0.0436. The Morgan fingerprint density at radius 3 is 2.62 bits per heavy atom. The van der Waals surface area contributed by atoms with E-state index in [-0.39, 0.29) is 22.2 Å². The van der Waals surface area contributed by atoms with E-state index >= 15 is 0 Å². The van der Waals surface area contributed by atoms with Crippen LogP contribution in [0.15, 0.2) is 10.9 Å². The van der Waals surface area contributed by atoms with Gasteiger partial charge >= 0.3 is 0 Å². The van der Waals surface area contributed by atoms with Crippen molar-refractivity contribution in [2.45, 2.75) is 59.4 Å². The van der Waals surface area contributed by atoms with Crippen molar-refractivity contribution in [3.8, 4) is 6.07 Å². The number of H-pyrrole nitrogens is 1. The van der Waals surface area contributed by atoms with Crippen molar-refractivity contribution < 1.29 is 9.59 Å². The lowest BCUT2D eigenvalue weighted by Crippen LogP contribution is -2.52. The normalized spacial score (nSPS) is 23.9. The molecule has 1 aliphatic carbocycles. The summed E-state index contributed by atoms with van der Waals surface area (Å²) in [7, 11) is 0. The number of pyridine rings is 1. The van der Waals surface area contributed by atoms with Crippen LogP contribution in [0.25, 0.3) is 0 Å². The lowest BCUT2D eigenvalue weighted by Gasteiger charge is -2.42. The first-order chi connectivity index (χ1) is 12.1. The number of ketones is 1. The van der Waals surface area contributed by atoms with Crippen LogP contribution in [0, 0.1) is 22.2 Å². The van der Waals surface area contributed by atoms with Gasteiger partial charge in [0.05, 0.1) is 6.07 Å². The number of carbonyl (C=O) groups excluding carboxylic acids is 2. The first-order valence-corrected chi connectivity index (χ1v) is 9.06. The fourth-order valence-corrected chi connectivity index (χ4v) is 4.20. The molecule has 2 aliphatic rings. The molecule has 1 aromatic heterocycles. The predicted octanol–water partition coefficient (Wildman–Crippen LogP) is 2.68. The Morgan fingerprint density at radius 2 is 1.96 bits per heavy atom. The van der Waals surface area contributed by atoms with Gasteiger partial charge < -0.3 is 9.88 Å². The van der Waals surface area contributed by atoms with Gasteiger partial charge in [-0.3, -0.25) is 14.4 Å². The van der Waals surface area contributed by atoms with E-state index in [0.717, 1.165) is 12.8 Å². The Morgan fingerprint density at radius 1 is 1.27 bits per heavy atom. The Bertz CT molecular complexity index is 873. The van der Waals surface area contributed by atoms with E-state index in [9.17, 15) is 19.6 Å². The van der Waals surface area contributed by atoms with E-state index in [2.05, 4.69) is 11.1 Å². The average Bonchev–Trinajstić information content (AvgIpc) is 2.51. The van der Waals surface area contributed by atoms with Crippen LogP contribution in [0.3, 0.4) is 0 Å². The highest BCUT2D eigenvalue weighted by atomic mass is 16.2. The van der Waals surface area contributed by atoms with Crippen molar-refractivity contribution in [2.24, 2.45) is 10.8 Å². The second-order valence-electron chi connectivity index (χ2n) is 8.97. The monoisotopic (exact) mass is 355 g/mol. The Labute approximate surface area is 153 Å². The summed E-state index contributed by atoms with van der Waals surface area (Å²) in [5.74, 6) is -0.525. The van der Waals surface area contributed by atoms with Gasteiger partial charge in [0.15, 0.2) is 5.78 Å². The maximum Gasteiger partial charge on any atom is 0.261 e. The number of piperidine rings is 1. The van der Waals surface area contributed by atoms with Gasteiger partial charge in [-0.1, -0.05) is 27.7 Å². The third-order valence-electron chi connectivity index (χ3n) is 5.60. The zero-order chi connectivity index (χ0) is 19.3. The minimum atomic E-state index is -0.589. The lowest BCUT2D eigenvalue weighted by atomic mass is 9.75. The fourth-order valence-electron chi connectivity index (χ4n) is 4.20. The van der Waals surface area contributed by atoms with Gasteiger partial charge in [0.25, 0.3) is 11.5 Å². The SMILES string of the molecule is CC1(C)CC(=O)c2cc(C(=O)N3CCCC(C)(C)[C@H]3C#N)c(=O)[nH]c2C1. The third kappa shape index (κ3) is 3.07. The molecule has 2 heterocycles. The maximum atomic E-state index is 13.0. The van der Waals surface area contributed by atoms with E-state index in [1.54, 1.807) is 0 Å². The topological polar surface area (TPSA) is 94.0 Å². The highest BCUT2D eigenvalue weighted by Crippen LogP contribution is 2.36. The van der Waals surface area contributed by atoms with Crippen molar-refractivity contribution in [1.29, 1.82) is 5.26 Å². The van der Waals surface area contributed by atoms with Gasteiger partial charge in [-0.05, 0) is 36.2 Å². The number of fused-ring (bicyclic) bond motifs is 1. The number of Topliss-reactive ketones (excluding diaryl/α,β-unsaturated/α-hetero) is 1. The largest absolute Gasteiger partial charge is 0.325 e. The number of aromatic amines is 1. The molecule has 0 spiro atoms. The standard InChI is InChI=1S/C20H25N3O3/c1-19(2)9-14-12(15(24)10-19)8-13(17(25)22-14)18(26)23-7-5-6-20(3,4)16(23)11-21/h8,16H,5-7,9-10H2,1-4H3,(H,22,25)/t16-/m1/s1. The number of likely N-dealkylation sites (tertiary alicyclic amines) is 1. The predicted molar refractivity (Wildman–Crippen MR) is 96.9 cm³/mol. The minimum Gasteiger partial charge on any atom is -0.325 e. The van der Waals surface area contributed by atoms with Crippen molar-refractivity contribution in [3.05, 3.63) is 33.2 Å². The van der Waals surface area contributed by atoms with Gasteiger partial charge in [0, 0.05) is 24.2 Å². The second-order valence-corrected chi connectivity index (χ2v) is 8.97. The number of hydrogen-bond donors (Lipinski definition) is 1. The van der Waals surface area contributed by atoms with Crippen LogP contribution in [0.2, 0.25) is 0 Å². The molecule has 6 heteroatoms. The molecule has 3 rings (SSSR count). The molecule has 1 N–H and O–H groups in total. The molecule has 6 nitrogen and oxygen atoms in total. The van der Waals surface area contributed by atoms with Crippen molar-refractivity contribution in [3.63, 3.8) is 0 Å². The van der Waals surface area contributed by atoms with Crippen LogP contribution in [-0.4, -0.2) is 34.2 Å². The first-order valence-electron chi connectivity index (χ1n) is 9.06. The fraction of sp³-hybridized carbons (Fsp3) is 0.600. The van der Waals surface area contributed by atoms with Gasteiger partial charge in [-0.25, -0.2) is 0 Å². The molecule has 26 heavy (non-hydrogen) atoms. The molecule has 1 fully saturated rings. The van der Waals surface area contributed by atoms with Crippen LogP contribution >= 0.6 is 0 Å². The number of nitriles is 1. The van der Waals surface area contributed by atoms with E-state index in [1.807, 2.05) is 27.7 Å². The number of amides is 1. The molecule has 138 valence electrons. The molecule has 1 amide bonds. The second kappa shape index (κ2) is 6.08. The van der Waals surface area contributed by atoms with Crippen LogP contribution in [0.1, 0.15) is 73.4 Å². The zero-order valence-electron chi connectivity index (χ0n) is 15.8. The van der Waals surface area contributed by atoms with Gasteiger partial charge in [-0.2, -0.15) is 5.26 Å². The van der Waals surface area contributed by atoms with E-state index < -0.39 is 17.5 Å². The van der Waals surface area contributed by atoms with Crippen LogP contribution in [0.4, 0.5) is 0 Å². The van der Waals surface area contributed by atoms with Crippen LogP contribution < -0.4 is 5.56 Å². The Hall–Kier alpha value is -2.42. The third-order valence-corrected chi connectivity index (χ3v) is 5.60. The minimum absolute atomic E-state index is 0.0465. The molecule has 1 aromatic rings. The summed E-state index contributed by atoms with van der Waals surface area (Å²) >= 11 is 0. The summed E-state index contributed by atoms with van der Waals surface area (Å²) in [4.78, 5) is 42.3. The molecule has 0 saturated carbocycles. The number of hydrogen-bond acceptors (Lipinski definition) is 4. The maximum absolute atomic E-state index is 13.0. The summed E-state index contributed by atoms with van der Waals surface area (Å²) in [6, 6.07) is 3.07. The van der Waals surface area contributed by atoms with Crippen LogP contribution in [0.5, 0.6) is 0 Å². The van der Waals surface area contributed by atoms with Gasteiger partial charge in [0.2, 0.25) is 0 Å². The Balaban J connectivity index is 2.02. The number of nitrogens with zero attached hydrogens (tertiary/aromatic N) is 2. The number of aromatic nitrogens is 1. The molecule has 0 unspecified atom stereocenters. The van der Waals surface area contributed by atoms with Gasteiger partial charge in [-0.15, -0.1) is 0 Å². The molecule has 0 radical (unpaired) electrons. The van der Waals surface area contributed by atoms with Crippen LogP contribution in [-0.2, 0) is 6.42 Å². The molecular weight excluding hydrogens is 330 g/mol. The summed E-state index contributed by atoms with van der Waals surface area (Å²) in [6.07, 6.45) is 2.61. The highest BCUT2D eigenvalue weighted by molar-refractivity contribution is 6.02. The van der Waals surface area contributed by atoms with Crippen molar-refractivity contribution in [1.82, 2.24) is 9.88 Å². The summed E-state index contributed by atoms with van der Waals surface area (Å²) in [5, 5.41) is 9.57. The molecule has 1 saturated heterocycles. The smallest absolute Gasteiger partial charge is 0.261 e. The number of rotatable bonds is 1. The van der Waals surface area contributed by atoms with E-state index in [0.29, 0.717) is 30.6 Å². The first kappa shape index (κ1) is 18.4.